The van der Waals surface area contributed by atoms with E-state index in [0.29, 0.717) is 23.2 Å². The predicted molar refractivity (Wildman–Crippen MR) is 140 cm³/mol. The van der Waals surface area contributed by atoms with Gasteiger partial charge < -0.3 is 15.8 Å². The Balaban J connectivity index is 1.45. The number of alkyl halides is 3. The van der Waals surface area contributed by atoms with Gasteiger partial charge in [-0.2, -0.15) is 23.3 Å². The van der Waals surface area contributed by atoms with Crippen molar-refractivity contribution in [1.82, 2.24) is 25.1 Å². The maximum atomic E-state index is 14.4. The molecule has 11 heteroatoms. The summed E-state index contributed by atoms with van der Waals surface area (Å²) < 4.78 is 48.8. The highest BCUT2D eigenvalue weighted by molar-refractivity contribution is 5.76. The molecule has 8 nitrogen and oxygen atoms in total. The Labute approximate surface area is 220 Å². The minimum absolute atomic E-state index is 0.216. The molecule has 0 radical (unpaired) electrons. The summed E-state index contributed by atoms with van der Waals surface area (Å²) in [4.78, 5) is 10.5. The van der Waals surface area contributed by atoms with Crippen LogP contribution in [0.3, 0.4) is 0 Å². The number of halogens is 3. The molecule has 2 aromatic heterocycles. The largest absolute Gasteiger partial charge is 0.422 e. The first kappa shape index (κ1) is 26.4. The zero-order valence-corrected chi connectivity index (χ0v) is 22.0. The topological polar surface area (TPSA) is 105 Å². The lowest BCUT2D eigenvalue weighted by molar-refractivity contribution is -0.136. The van der Waals surface area contributed by atoms with E-state index in [0.717, 1.165) is 63.1 Å². The number of nitrogen functional groups attached to an aromatic ring is 1. The molecule has 0 unspecified atom stereocenters. The Kier molecular flexibility index (Phi) is 7.32. The van der Waals surface area contributed by atoms with Crippen molar-refractivity contribution >= 4 is 17.6 Å². The molecule has 1 saturated carbocycles. The molecule has 0 spiro atoms. The first-order valence-corrected chi connectivity index (χ1v) is 13.1. The number of hydrogen-bond acceptors (Lipinski definition) is 7. The van der Waals surface area contributed by atoms with Crippen LogP contribution < -0.4 is 11.1 Å². The molecular formula is C27H34F3N7O. The average Bonchev–Trinajstić information content (AvgIpc) is 3.29. The fraction of sp³-hybridized carbons (Fsp3) is 0.519. The first-order valence-electron chi connectivity index (χ1n) is 13.1. The molecule has 1 aromatic carbocycles. The molecule has 4 N–H and O–H groups in total. The van der Waals surface area contributed by atoms with Crippen LogP contribution in [0.5, 0.6) is 0 Å². The van der Waals surface area contributed by atoms with Crippen LogP contribution in [0, 0.1) is 20.8 Å². The van der Waals surface area contributed by atoms with Crippen LogP contribution in [-0.2, 0) is 10.9 Å². The lowest BCUT2D eigenvalue weighted by atomic mass is 9.78. The van der Waals surface area contributed by atoms with Gasteiger partial charge in [-0.15, -0.1) is 0 Å². The zero-order chi connectivity index (χ0) is 27.0. The molecule has 2 fully saturated rings. The summed E-state index contributed by atoms with van der Waals surface area (Å²) >= 11 is 0. The van der Waals surface area contributed by atoms with E-state index in [9.17, 15) is 13.2 Å². The minimum Gasteiger partial charge on any atom is -0.379 e. The maximum absolute atomic E-state index is 14.4. The number of hydrogen-bond donors (Lipinski definition) is 3. The van der Waals surface area contributed by atoms with Crippen molar-refractivity contribution in [3.8, 4) is 11.3 Å². The van der Waals surface area contributed by atoms with Crippen molar-refractivity contribution in [2.24, 2.45) is 0 Å². The van der Waals surface area contributed by atoms with Crippen LogP contribution in [0.15, 0.2) is 18.2 Å². The van der Waals surface area contributed by atoms with Crippen LogP contribution in [0.4, 0.5) is 30.8 Å². The third-order valence-electron chi connectivity index (χ3n) is 7.73. The average molecular weight is 530 g/mol. The van der Waals surface area contributed by atoms with Crippen molar-refractivity contribution in [1.29, 1.82) is 0 Å². The van der Waals surface area contributed by atoms with Crippen LogP contribution >= 0.6 is 0 Å². The fourth-order valence-electron chi connectivity index (χ4n) is 5.86. The van der Waals surface area contributed by atoms with Gasteiger partial charge in [0.05, 0.1) is 18.9 Å². The highest BCUT2D eigenvalue weighted by atomic mass is 19.4. The number of nitrogens with one attached hydrogen (secondary N) is 2. The van der Waals surface area contributed by atoms with Crippen molar-refractivity contribution in [2.45, 2.75) is 64.6 Å². The van der Waals surface area contributed by atoms with Crippen LogP contribution in [0.25, 0.3) is 11.3 Å². The number of aromatic nitrogens is 4. The standard InChI is InChI=1S/C27H34F3N7O/c1-15-13-21(16(2)12-20(15)18-4-6-19(7-5-18)37-8-10-38-11-9-37)24-23(27(28,29)30)25(34-26(31)33-24)32-22-14-17(3)35-36-22/h12-14,18-19H,4-11H2,1-3H3,(H4,31,32,33,34,35,36). The van der Waals surface area contributed by atoms with E-state index >= 15 is 0 Å². The second-order valence-corrected chi connectivity index (χ2v) is 10.4. The summed E-state index contributed by atoms with van der Waals surface area (Å²) in [6.07, 6.45) is -0.353. The Morgan fingerprint density at radius 2 is 1.71 bits per heavy atom. The Morgan fingerprint density at radius 3 is 2.34 bits per heavy atom. The molecule has 5 rings (SSSR count). The molecule has 0 amide bonds. The Morgan fingerprint density at radius 1 is 1.00 bits per heavy atom. The molecule has 0 atom stereocenters. The molecular weight excluding hydrogens is 495 g/mol. The van der Waals surface area contributed by atoms with Gasteiger partial charge in [-0.25, -0.2) is 4.98 Å². The van der Waals surface area contributed by atoms with Crippen LogP contribution in [0.2, 0.25) is 0 Å². The van der Waals surface area contributed by atoms with Gasteiger partial charge in [0.25, 0.3) is 0 Å². The molecule has 1 aliphatic carbocycles. The second kappa shape index (κ2) is 10.5. The van der Waals surface area contributed by atoms with E-state index in [1.54, 1.807) is 13.0 Å². The van der Waals surface area contributed by atoms with E-state index in [1.807, 2.05) is 26.0 Å². The zero-order valence-electron chi connectivity index (χ0n) is 22.0. The summed E-state index contributed by atoms with van der Waals surface area (Å²) in [5.41, 5.74) is 8.70. The van der Waals surface area contributed by atoms with Crippen LogP contribution in [0.1, 0.15) is 59.5 Å². The summed E-state index contributed by atoms with van der Waals surface area (Å²) in [7, 11) is 0. The van der Waals surface area contributed by atoms with Gasteiger partial charge in [-0.3, -0.25) is 10.00 Å². The Bertz CT molecular complexity index is 1290. The number of anilines is 3. The number of nitrogens with two attached hydrogens (primary N) is 1. The van der Waals surface area contributed by atoms with E-state index < -0.39 is 17.6 Å². The van der Waals surface area contributed by atoms with Crippen molar-refractivity contribution in [3.05, 3.63) is 46.1 Å². The van der Waals surface area contributed by atoms with Crippen molar-refractivity contribution < 1.29 is 17.9 Å². The number of H-pyrrole nitrogens is 1. The number of aryl methyl sites for hydroxylation is 3. The van der Waals surface area contributed by atoms with Crippen LogP contribution in [-0.4, -0.2) is 57.4 Å². The van der Waals surface area contributed by atoms with Crippen molar-refractivity contribution in [3.63, 3.8) is 0 Å². The fourth-order valence-corrected chi connectivity index (χ4v) is 5.86. The highest BCUT2D eigenvalue weighted by Gasteiger charge is 2.40. The number of morpholine rings is 1. The first-order chi connectivity index (χ1) is 18.1. The quantitative estimate of drug-likeness (QED) is 0.401. The van der Waals surface area contributed by atoms with Gasteiger partial charge >= 0.3 is 6.18 Å². The highest BCUT2D eigenvalue weighted by Crippen LogP contribution is 2.44. The molecule has 1 saturated heterocycles. The molecule has 204 valence electrons. The normalized spacial score (nSPS) is 21.0. The third kappa shape index (κ3) is 5.49. The number of ether oxygens (including phenoxy) is 1. The van der Waals surface area contributed by atoms with E-state index in [4.69, 9.17) is 10.5 Å². The Hall–Kier alpha value is -3.18. The van der Waals surface area contributed by atoms with E-state index in [1.165, 1.54) is 5.56 Å². The number of aromatic amines is 1. The molecule has 3 heterocycles. The molecule has 2 aliphatic rings. The second-order valence-electron chi connectivity index (χ2n) is 10.4. The monoisotopic (exact) mass is 529 g/mol. The van der Waals surface area contributed by atoms with Gasteiger partial charge in [0.2, 0.25) is 5.95 Å². The summed E-state index contributed by atoms with van der Waals surface area (Å²) in [6, 6.07) is 6.03. The summed E-state index contributed by atoms with van der Waals surface area (Å²) in [5.74, 6) is -0.0647. The van der Waals surface area contributed by atoms with Gasteiger partial charge in [0, 0.05) is 36.5 Å². The van der Waals surface area contributed by atoms with Gasteiger partial charge in [-0.05, 0) is 75.1 Å². The van der Waals surface area contributed by atoms with Gasteiger partial charge in [0.15, 0.2) is 5.82 Å². The van der Waals surface area contributed by atoms with E-state index in [-0.39, 0.29) is 17.5 Å². The number of nitrogens with zero attached hydrogens (tertiary/aromatic N) is 4. The lowest BCUT2D eigenvalue weighted by Crippen LogP contribution is -2.44. The predicted octanol–water partition coefficient (Wildman–Crippen LogP) is 5.49. The third-order valence-corrected chi connectivity index (χ3v) is 7.73. The molecule has 38 heavy (non-hydrogen) atoms. The van der Waals surface area contributed by atoms with Gasteiger partial charge in [0.1, 0.15) is 11.4 Å². The van der Waals surface area contributed by atoms with Gasteiger partial charge in [-0.1, -0.05) is 6.07 Å². The molecule has 3 aromatic rings. The van der Waals surface area contributed by atoms with Crippen molar-refractivity contribution in [2.75, 3.05) is 37.4 Å². The number of benzene rings is 1. The minimum atomic E-state index is -4.71. The summed E-state index contributed by atoms with van der Waals surface area (Å²) in [5, 5.41) is 9.36. The molecule has 0 bridgehead atoms. The van der Waals surface area contributed by atoms with E-state index in [2.05, 4.69) is 30.4 Å². The lowest BCUT2D eigenvalue weighted by Gasteiger charge is -2.39. The smallest absolute Gasteiger partial charge is 0.379 e. The SMILES string of the molecule is Cc1cc(Nc2nc(N)nc(-c3cc(C)c(C4CCC(N5CCOCC5)CC4)cc3C)c2C(F)(F)F)n[nH]1. The number of rotatable bonds is 5. The maximum Gasteiger partial charge on any atom is 0.422 e. The molecule has 1 aliphatic heterocycles. The summed E-state index contributed by atoms with van der Waals surface area (Å²) in [6.45, 7) is 9.13.